The second-order valence-corrected chi connectivity index (χ2v) is 4.59. The molecule has 0 aliphatic carbocycles. The van der Waals surface area contributed by atoms with Gasteiger partial charge in [0, 0.05) is 6.04 Å². The summed E-state index contributed by atoms with van der Waals surface area (Å²) in [7, 11) is 0. The lowest BCUT2D eigenvalue weighted by atomic mass is 9.89. The molecule has 0 saturated carbocycles. The fourth-order valence-corrected chi connectivity index (χ4v) is 1.68. The standard InChI is InChI=1S/C10H22N2O/c1-7(2)6-10(5,9(11)13)12-8(3)4/h7-8,12H,6H2,1-5H3,(H2,11,13). The molecule has 3 nitrogen and oxygen atoms in total. The first-order valence-corrected chi connectivity index (χ1v) is 4.85. The van der Waals surface area contributed by atoms with Gasteiger partial charge in [-0.3, -0.25) is 4.79 Å². The number of nitrogens with two attached hydrogens (primary N) is 1. The first kappa shape index (κ1) is 12.4. The van der Waals surface area contributed by atoms with Crippen LogP contribution in [0.4, 0.5) is 0 Å². The van der Waals surface area contributed by atoms with Crippen molar-refractivity contribution in [2.24, 2.45) is 11.7 Å². The molecule has 3 N–H and O–H groups in total. The van der Waals surface area contributed by atoms with E-state index in [1.807, 2.05) is 20.8 Å². The lowest BCUT2D eigenvalue weighted by Crippen LogP contribution is -2.56. The predicted octanol–water partition coefficient (Wildman–Crippen LogP) is 1.27. The van der Waals surface area contributed by atoms with Gasteiger partial charge in [0.25, 0.3) is 0 Å². The van der Waals surface area contributed by atoms with Crippen molar-refractivity contribution in [3.63, 3.8) is 0 Å². The van der Waals surface area contributed by atoms with E-state index in [0.717, 1.165) is 6.42 Å². The molecule has 0 aliphatic rings. The summed E-state index contributed by atoms with van der Waals surface area (Å²) in [6.07, 6.45) is 0.778. The highest BCUT2D eigenvalue weighted by Crippen LogP contribution is 2.16. The lowest BCUT2D eigenvalue weighted by Gasteiger charge is -2.31. The first-order chi connectivity index (χ1) is 5.78. The SMILES string of the molecule is CC(C)CC(C)(NC(C)C)C(N)=O. The van der Waals surface area contributed by atoms with E-state index in [1.165, 1.54) is 0 Å². The second-order valence-electron chi connectivity index (χ2n) is 4.59. The molecule has 0 aliphatic heterocycles. The molecule has 1 unspecified atom stereocenters. The lowest BCUT2D eigenvalue weighted by molar-refractivity contribution is -0.124. The molecule has 0 saturated heterocycles. The van der Waals surface area contributed by atoms with Crippen LogP contribution in [-0.4, -0.2) is 17.5 Å². The number of carbonyl (C=O) groups excluding carboxylic acids is 1. The quantitative estimate of drug-likeness (QED) is 0.679. The van der Waals surface area contributed by atoms with Crippen LogP contribution in [0.15, 0.2) is 0 Å². The number of nitrogens with one attached hydrogen (secondary N) is 1. The molecule has 0 aromatic carbocycles. The molecule has 1 atom stereocenters. The van der Waals surface area contributed by atoms with Crippen LogP contribution < -0.4 is 11.1 Å². The van der Waals surface area contributed by atoms with Crippen molar-refractivity contribution in [3.05, 3.63) is 0 Å². The Morgan fingerprint density at radius 2 is 1.85 bits per heavy atom. The van der Waals surface area contributed by atoms with E-state index in [-0.39, 0.29) is 11.9 Å². The van der Waals surface area contributed by atoms with Gasteiger partial charge < -0.3 is 11.1 Å². The molecule has 0 spiro atoms. The van der Waals surface area contributed by atoms with E-state index < -0.39 is 5.54 Å². The summed E-state index contributed by atoms with van der Waals surface area (Å²) >= 11 is 0. The summed E-state index contributed by atoms with van der Waals surface area (Å²) in [5.41, 5.74) is 4.80. The van der Waals surface area contributed by atoms with Gasteiger partial charge in [-0.05, 0) is 33.1 Å². The van der Waals surface area contributed by atoms with Gasteiger partial charge in [0.15, 0.2) is 0 Å². The smallest absolute Gasteiger partial charge is 0.237 e. The van der Waals surface area contributed by atoms with Crippen LogP contribution in [-0.2, 0) is 4.79 Å². The monoisotopic (exact) mass is 186 g/mol. The Balaban J connectivity index is 4.43. The maximum Gasteiger partial charge on any atom is 0.237 e. The normalized spacial score (nSPS) is 16.2. The van der Waals surface area contributed by atoms with Gasteiger partial charge in [-0.1, -0.05) is 13.8 Å². The number of amides is 1. The highest BCUT2D eigenvalue weighted by molar-refractivity contribution is 5.84. The van der Waals surface area contributed by atoms with Gasteiger partial charge in [0.2, 0.25) is 5.91 Å². The van der Waals surface area contributed by atoms with Crippen molar-refractivity contribution in [2.45, 2.75) is 52.6 Å². The van der Waals surface area contributed by atoms with Gasteiger partial charge in [0.05, 0.1) is 5.54 Å². The van der Waals surface area contributed by atoms with Gasteiger partial charge in [-0.15, -0.1) is 0 Å². The molecule has 13 heavy (non-hydrogen) atoms. The summed E-state index contributed by atoms with van der Waals surface area (Å²) in [6.45, 7) is 10.1. The minimum absolute atomic E-state index is 0.269. The third-order valence-electron chi connectivity index (χ3n) is 1.97. The van der Waals surface area contributed by atoms with Gasteiger partial charge in [0.1, 0.15) is 0 Å². The molecule has 0 fully saturated rings. The molecule has 0 heterocycles. The molecule has 3 heteroatoms. The molecule has 0 radical (unpaired) electrons. The van der Waals surface area contributed by atoms with Crippen LogP contribution in [0.2, 0.25) is 0 Å². The van der Waals surface area contributed by atoms with Crippen LogP contribution in [0.1, 0.15) is 41.0 Å². The van der Waals surface area contributed by atoms with E-state index in [9.17, 15) is 4.79 Å². The zero-order valence-corrected chi connectivity index (χ0v) is 9.35. The first-order valence-electron chi connectivity index (χ1n) is 4.85. The average Bonchev–Trinajstić information content (AvgIpc) is 1.82. The van der Waals surface area contributed by atoms with E-state index >= 15 is 0 Å². The molecule has 0 rings (SSSR count). The summed E-state index contributed by atoms with van der Waals surface area (Å²) in [5.74, 6) is 0.193. The highest BCUT2D eigenvalue weighted by Gasteiger charge is 2.31. The molecule has 0 bridgehead atoms. The summed E-state index contributed by atoms with van der Waals surface area (Å²) < 4.78 is 0. The largest absolute Gasteiger partial charge is 0.368 e. The number of rotatable bonds is 5. The van der Waals surface area contributed by atoms with Crippen LogP contribution in [0.25, 0.3) is 0 Å². The molecule has 78 valence electrons. The van der Waals surface area contributed by atoms with E-state index in [2.05, 4.69) is 19.2 Å². The summed E-state index contributed by atoms with van der Waals surface area (Å²) in [4.78, 5) is 11.3. The highest BCUT2D eigenvalue weighted by atomic mass is 16.1. The Hall–Kier alpha value is -0.570. The Kier molecular flexibility index (Phi) is 4.40. The molecular weight excluding hydrogens is 164 g/mol. The Morgan fingerprint density at radius 1 is 1.38 bits per heavy atom. The van der Waals surface area contributed by atoms with E-state index in [1.54, 1.807) is 0 Å². The Morgan fingerprint density at radius 3 is 2.08 bits per heavy atom. The van der Waals surface area contributed by atoms with Crippen LogP contribution in [0.5, 0.6) is 0 Å². The van der Waals surface area contributed by atoms with E-state index in [0.29, 0.717) is 5.92 Å². The number of hydrogen-bond donors (Lipinski definition) is 2. The third-order valence-corrected chi connectivity index (χ3v) is 1.97. The minimum atomic E-state index is -0.567. The zero-order valence-electron chi connectivity index (χ0n) is 9.35. The van der Waals surface area contributed by atoms with E-state index in [4.69, 9.17) is 5.73 Å². The zero-order chi connectivity index (χ0) is 10.6. The van der Waals surface area contributed by atoms with Gasteiger partial charge in [-0.2, -0.15) is 0 Å². The number of hydrogen-bond acceptors (Lipinski definition) is 2. The Bertz CT molecular complexity index is 166. The van der Waals surface area contributed by atoms with Crippen molar-refractivity contribution >= 4 is 5.91 Å². The summed E-state index contributed by atoms with van der Waals surface area (Å²) in [6, 6.07) is 0.274. The van der Waals surface area contributed by atoms with Crippen LogP contribution in [0.3, 0.4) is 0 Å². The van der Waals surface area contributed by atoms with Gasteiger partial charge >= 0.3 is 0 Å². The topological polar surface area (TPSA) is 55.1 Å². The van der Waals surface area contributed by atoms with Gasteiger partial charge in [-0.25, -0.2) is 0 Å². The van der Waals surface area contributed by atoms with Crippen LogP contribution in [0, 0.1) is 5.92 Å². The van der Waals surface area contributed by atoms with Crippen molar-refractivity contribution in [1.82, 2.24) is 5.32 Å². The number of primary amides is 1. The average molecular weight is 186 g/mol. The third kappa shape index (κ3) is 4.27. The molecule has 0 aromatic rings. The van der Waals surface area contributed by atoms with Crippen molar-refractivity contribution in [1.29, 1.82) is 0 Å². The maximum absolute atomic E-state index is 11.3. The fourth-order valence-electron chi connectivity index (χ4n) is 1.68. The fraction of sp³-hybridized carbons (Fsp3) is 0.900. The predicted molar refractivity (Wildman–Crippen MR) is 55.3 cm³/mol. The van der Waals surface area contributed by atoms with Crippen molar-refractivity contribution in [2.75, 3.05) is 0 Å². The molecular formula is C10H22N2O. The van der Waals surface area contributed by atoms with Crippen LogP contribution >= 0.6 is 0 Å². The minimum Gasteiger partial charge on any atom is -0.368 e. The van der Waals surface area contributed by atoms with Crippen molar-refractivity contribution < 1.29 is 4.79 Å². The van der Waals surface area contributed by atoms with Crippen molar-refractivity contribution in [3.8, 4) is 0 Å². The number of carbonyl (C=O) groups is 1. The maximum atomic E-state index is 11.3. The summed E-state index contributed by atoms with van der Waals surface area (Å²) in [5, 5.41) is 3.21. The Labute approximate surface area is 81.1 Å². The molecule has 1 amide bonds. The second kappa shape index (κ2) is 4.61. The molecule has 0 aromatic heterocycles.